The van der Waals surface area contributed by atoms with Crippen LogP contribution in [0.25, 0.3) is 0 Å². The highest BCUT2D eigenvalue weighted by Gasteiger charge is 2.10. The first-order valence-electron chi connectivity index (χ1n) is 5.65. The van der Waals surface area contributed by atoms with E-state index in [9.17, 15) is 4.79 Å². The minimum absolute atomic E-state index is 0.0660. The van der Waals surface area contributed by atoms with Crippen LogP contribution in [-0.4, -0.2) is 41.0 Å². The van der Waals surface area contributed by atoms with Gasteiger partial charge < -0.3 is 16.0 Å². The largest absolute Gasteiger partial charge is 0.388 e. The average Bonchev–Trinajstić information content (AvgIpc) is 2.36. The third-order valence-electron chi connectivity index (χ3n) is 2.19. The molecule has 18 heavy (non-hydrogen) atoms. The van der Waals surface area contributed by atoms with Crippen molar-refractivity contribution in [1.29, 1.82) is 0 Å². The number of nitrogens with two attached hydrogens (primary N) is 1. The van der Waals surface area contributed by atoms with Gasteiger partial charge in [0.25, 0.3) is 0 Å². The van der Waals surface area contributed by atoms with Gasteiger partial charge in [-0.25, -0.2) is 9.97 Å². The third-order valence-corrected chi connectivity index (χ3v) is 2.40. The maximum absolute atomic E-state index is 11.5. The van der Waals surface area contributed by atoms with Gasteiger partial charge in [0.05, 0.1) is 6.54 Å². The minimum atomic E-state index is -0.0660. The second-order valence-corrected chi connectivity index (χ2v) is 4.25. The van der Waals surface area contributed by atoms with E-state index >= 15 is 0 Å². The fourth-order valence-corrected chi connectivity index (χ4v) is 1.39. The lowest BCUT2D eigenvalue weighted by Gasteiger charge is -2.16. The van der Waals surface area contributed by atoms with E-state index in [0.29, 0.717) is 18.2 Å². The number of anilines is 1. The minimum Gasteiger partial charge on any atom is -0.388 e. The van der Waals surface area contributed by atoms with E-state index in [4.69, 9.17) is 18.0 Å². The Balaban J connectivity index is 2.66. The molecule has 6 nitrogen and oxygen atoms in total. The number of nitrogens with one attached hydrogen (secondary N) is 1. The van der Waals surface area contributed by atoms with Gasteiger partial charge in [0.2, 0.25) is 11.9 Å². The maximum atomic E-state index is 11.5. The van der Waals surface area contributed by atoms with E-state index in [2.05, 4.69) is 15.3 Å². The maximum Gasteiger partial charge on any atom is 0.239 e. The Morgan fingerprint density at radius 3 is 2.94 bits per heavy atom. The van der Waals surface area contributed by atoms with E-state index in [1.807, 2.05) is 6.92 Å². The zero-order chi connectivity index (χ0) is 13.5. The van der Waals surface area contributed by atoms with Gasteiger partial charge in [0.15, 0.2) is 0 Å². The highest BCUT2D eigenvalue weighted by Crippen LogP contribution is 2.05. The molecule has 98 valence electrons. The molecule has 0 bridgehead atoms. The third kappa shape index (κ3) is 4.25. The first kappa shape index (κ1) is 14.3. The van der Waals surface area contributed by atoms with Crippen molar-refractivity contribution < 1.29 is 4.79 Å². The van der Waals surface area contributed by atoms with Crippen LogP contribution < -0.4 is 16.0 Å². The number of nitrogens with zero attached hydrogens (tertiary/aromatic N) is 3. The second kappa shape index (κ2) is 6.85. The molecule has 0 fully saturated rings. The van der Waals surface area contributed by atoms with Gasteiger partial charge in [0, 0.05) is 19.8 Å². The summed E-state index contributed by atoms with van der Waals surface area (Å²) in [5, 5.41) is 2.78. The Morgan fingerprint density at radius 1 is 1.61 bits per heavy atom. The van der Waals surface area contributed by atoms with E-state index < -0.39 is 0 Å². The van der Waals surface area contributed by atoms with Gasteiger partial charge in [-0.2, -0.15) is 0 Å². The van der Waals surface area contributed by atoms with Crippen molar-refractivity contribution in [1.82, 2.24) is 15.3 Å². The summed E-state index contributed by atoms with van der Waals surface area (Å²) in [6, 6.07) is 1.64. The second-order valence-electron chi connectivity index (χ2n) is 3.81. The van der Waals surface area contributed by atoms with Crippen LogP contribution in [0.3, 0.4) is 0 Å². The summed E-state index contributed by atoms with van der Waals surface area (Å²) in [5.41, 5.74) is 5.99. The molecule has 0 atom stereocenters. The normalized spacial score (nSPS) is 9.89. The van der Waals surface area contributed by atoms with Crippen molar-refractivity contribution in [3.8, 4) is 0 Å². The zero-order valence-corrected chi connectivity index (χ0v) is 11.3. The summed E-state index contributed by atoms with van der Waals surface area (Å²) in [4.78, 5) is 21.7. The Kier molecular flexibility index (Phi) is 5.44. The fourth-order valence-electron chi connectivity index (χ4n) is 1.28. The molecular formula is C11H17N5OS. The van der Waals surface area contributed by atoms with Gasteiger partial charge in [-0.15, -0.1) is 0 Å². The smallest absolute Gasteiger partial charge is 0.239 e. The molecule has 1 aromatic rings. The van der Waals surface area contributed by atoms with Gasteiger partial charge in [-0.1, -0.05) is 19.1 Å². The molecule has 3 N–H and O–H groups in total. The number of amides is 1. The Morgan fingerprint density at radius 2 is 2.33 bits per heavy atom. The number of aromatic nitrogens is 2. The topological polar surface area (TPSA) is 84.1 Å². The summed E-state index contributed by atoms with van der Waals surface area (Å²) in [6.07, 6.45) is 2.47. The molecule has 0 spiro atoms. The predicted molar refractivity (Wildman–Crippen MR) is 74.5 cm³/mol. The monoisotopic (exact) mass is 267 g/mol. The van der Waals surface area contributed by atoms with E-state index in [1.165, 1.54) is 0 Å². The zero-order valence-electron chi connectivity index (χ0n) is 10.5. The molecule has 0 aliphatic heterocycles. The highest BCUT2D eigenvalue weighted by atomic mass is 32.1. The van der Waals surface area contributed by atoms with Crippen molar-refractivity contribution in [2.75, 3.05) is 25.0 Å². The lowest BCUT2D eigenvalue weighted by Crippen LogP contribution is -2.36. The van der Waals surface area contributed by atoms with Gasteiger partial charge >= 0.3 is 0 Å². The van der Waals surface area contributed by atoms with Crippen molar-refractivity contribution in [3.63, 3.8) is 0 Å². The number of hydrogen-bond acceptors (Lipinski definition) is 5. The molecule has 1 aromatic heterocycles. The molecule has 1 amide bonds. The lowest BCUT2D eigenvalue weighted by atomic mass is 10.4. The molecule has 1 rings (SSSR count). The van der Waals surface area contributed by atoms with Crippen molar-refractivity contribution in [2.45, 2.75) is 13.3 Å². The average molecular weight is 267 g/mol. The fraction of sp³-hybridized carbons (Fsp3) is 0.455. The summed E-state index contributed by atoms with van der Waals surface area (Å²) < 4.78 is 0. The Labute approximate surface area is 112 Å². The van der Waals surface area contributed by atoms with Gasteiger partial charge in [-0.3, -0.25) is 4.79 Å². The van der Waals surface area contributed by atoms with E-state index in [1.54, 1.807) is 24.2 Å². The molecule has 0 aromatic carbocycles. The van der Waals surface area contributed by atoms with E-state index in [-0.39, 0.29) is 17.4 Å². The van der Waals surface area contributed by atoms with Gasteiger partial charge in [0.1, 0.15) is 10.7 Å². The van der Waals surface area contributed by atoms with Crippen LogP contribution in [0.15, 0.2) is 12.3 Å². The SMILES string of the molecule is CCCNC(=O)CN(C)c1nccc(C(N)=S)n1. The molecule has 0 aliphatic rings. The summed E-state index contributed by atoms with van der Waals surface area (Å²) >= 11 is 4.84. The van der Waals surface area contributed by atoms with Crippen LogP contribution >= 0.6 is 12.2 Å². The molecule has 0 radical (unpaired) electrons. The first-order valence-corrected chi connectivity index (χ1v) is 6.06. The van der Waals surface area contributed by atoms with Crippen LogP contribution in [-0.2, 0) is 4.79 Å². The van der Waals surface area contributed by atoms with Crippen molar-refractivity contribution in [2.24, 2.45) is 5.73 Å². The van der Waals surface area contributed by atoms with Crippen molar-refractivity contribution in [3.05, 3.63) is 18.0 Å². The van der Waals surface area contributed by atoms with Crippen LogP contribution in [0, 0.1) is 0 Å². The Hall–Kier alpha value is -1.76. The highest BCUT2D eigenvalue weighted by molar-refractivity contribution is 7.80. The molecule has 0 unspecified atom stereocenters. The number of likely N-dealkylation sites (N-methyl/N-ethyl adjacent to an activating group) is 1. The number of hydrogen-bond donors (Lipinski definition) is 2. The molecule has 0 saturated carbocycles. The molecule has 0 saturated heterocycles. The van der Waals surface area contributed by atoms with Crippen LogP contribution in [0.5, 0.6) is 0 Å². The standard InChI is InChI=1S/C11H17N5OS/c1-3-5-13-9(17)7-16(2)11-14-6-4-8(15-11)10(12)18/h4,6H,3,5,7H2,1-2H3,(H2,12,18)(H,13,17). The first-order chi connectivity index (χ1) is 8.54. The number of thiocarbonyl (C=S) groups is 1. The number of carbonyl (C=O) groups is 1. The molecule has 1 heterocycles. The summed E-state index contributed by atoms with van der Waals surface area (Å²) in [7, 11) is 1.74. The Bertz CT molecular complexity index is 437. The van der Waals surface area contributed by atoms with Crippen LogP contribution in [0.1, 0.15) is 19.0 Å². The van der Waals surface area contributed by atoms with Crippen LogP contribution in [0.4, 0.5) is 5.95 Å². The van der Waals surface area contributed by atoms with Crippen molar-refractivity contribution >= 4 is 29.1 Å². The summed E-state index contributed by atoms with van der Waals surface area (Å²) in [5.74, 6) is 0.357. The van der Waals surface area contributed by atoms with Gasteiger partial charge in [-0.05, 0) is 12.5 Å². The quantitative estimate of drug-likeness (QED) is 0.710. The van der Waals surface area contributed by atoms with Crippen LogP contribution in [0.2, 0.25) is 0 Å². The number of carbonyl (C=O) groups excluding carboxylic acids is 1. The molecular weight excluding hydrogens is 250 g/mol. The number of rotatable bonds is 6. The lowest BCUT2D eigenvalue weighted by molar-refractivity contribution is -0.119. The predicted octanol–water partition coefficient (Wildman–Crippen LogP) is 0.0732. The molecule has 7 heteroatoms. The molecule has 0 aliphatic carbocycles. The summed E-state index contributed by atoms with van der Waals surface area (Å²) in [6.45, 7) is 2.86. The van der Waals surface area contributed by atoms with E-state index in [0.717, 1.165) is 6.42 Å².